The van der Waals surface area contributed by atoms with E-state index in [9.17, 15) is 9.59 Å². The van der Waals surface area contributed by atoms with E-state index in [0.717, 1.165) is 10.0 Å². The number of rotatable bonds is 10. The lowest BCUT2D eigenvalue weighted by Gasteiger charge is -2.29. The molecule has 1 atom stereocenters. The van der Waals surface area contributed by atoms with Gasteiger partial charge in [-0.1, -0.05) is 50.2 Å². The molecular formula is C25H33BrN2O3. The molecule has 2 aromatic carbocycles. The molecule has 2 aromatic rings. The van der Waals surface area contributed by atoms with Crippen molar-refractivity contribution in [1.29, 1.82) is 0 Å². The quantitative estimate of drug-likeness (QED) is 0.515. The molecular weight excluding hydrogens is 456 g/mol. The van der Waals surface area contributed by atoms with Gasteiger partial charge in [0, 0.05) is 12.6 Å². The normalized spacial score (nSPS) is 12.0. The number of nitrogens with one attached hydrogen (secondary N) is 1. The van der Waals surface area contributed by atoms with Gasteiger partial charge < -0.3 is 15.0 Å². The molecule has 31 heavy (non-hydrogen) atoms. The van der Waals surface area contributed by atoms with Crippen molar-refractivity contribution in [3.63, 3.8) is 0 Å². The van der Waals surface area contributed by atoms with Gasteiger partial charge in [0.1, 0.15) is 11.8 Å². The number of amides is 2. The molecule has 0 aromatic heterocycles. The summed E-state index contributed by atoms with van der Waals surface area (Å²) in [5.41, 5.74) is 2.30. The van der Waals surface area contributed by atoms with Gasteiger partial charge >= 0.3 is 0 Å². The Kier molecular flexibility index (Phi) is 9.56. The second-order valence-electron chi connectivity index (χ2n) is 8.30. The molecule has 2 rings (SSSR count). The number of benzene rings is 2. The van der Waals surface area contributed by atoms with Gasteiger partial charge in [-0.25, -0.2) is 0 Å². The third-order valence-electron chi connectivity index (χ3n) is 5.06. The summed E-state index contributed by atoms with van der Waals surface area (Å²) < 4.78 is 6.62. The molecule has 0 aliphatic rings. The first-order valence-corrected chi connectivity index (χ1v) is 11.5. The van der Waals surface area contributed by atoms with Gasteiger partial charge in [0.2, 0.25) is 5.91 Å². The number of hydrogen-bond acceptors (Lipinski definition) is 3. The summed E-state index contributed by atoms with van der Waals surface area (Å²) in [4.78, 5) is 27.2. The SMILES string of the molecule is CC(C)NC(=O)[C@H](C)N(CCc1ccccc1)C(=O)COc1ccc(C(C)C)cc1Br. The number of halogens is 1. The molecule has 0 aliphatic heterocycles. The fourth-order valence-corrected chi connectivity index (χ4v) is 3.70. The first-order chi connectivity index (χ1) is 14.7. The van der Waals surface area contributed by atoms with Crippen molar-refractivity contribution in [3.05, 3.63) is 64.1 Å². The summed E-state index contributed by atoms with van der Waals surface area (Å²) in [5.74, 6) is 0.627. The molecule has 0 bridgehead atoms. The molecule has 0 aliphatic carbocycles. The fourth-order valence-electron chi connectivity index (χ4n) is 3.19. The van der Waals surface area contributed by atoms with Crippen LogP contribution in [0.4, 0.5) is 0 Å². The summed E-state index contributed by atoms with van der Waals surface area (Å²) in [7, 11) is 0. The minimum atomic E-state index is -0.589. The van der Waals surface area contributed by atoms with E-state index in [1.165, 1.54) is 5.56 Å². The van der Waals surface area contributed by atoms with Gasteiger partial charge in [-0.3, -0.25) is 9.59 Å². The lowest BCUT2D eigenvalue weighted by molar-refractivity contribution is -0.141. The number of ether oxygens (including phenoxy) is 1. The maximum atomic E-state index is 13.1. The van der Waals surface area contributed by atoms with Crippen molar-refractivity contribution in [2.75, 3.05) is 13.2 Å². The molecule has 0 unspecified atom stereocenters. The highest BCUT2D eigenvalue weighted by Gasteiger charge is 2.26. The van der Waals surface area contributed by atoms with Gasteiger partial charge in [0.05, 0.1) is 4.47 Å². The van der Waals surface area contributed by atoms with E-state index < -0.39 is 6.04 Å². The zero-order chi connectivity index (χ0) is 23.0. The Morgan fingerprint density at radius 1 is 1.03 bits per heavy atom. The smallest absolute Gasteiger partial charge is 0.261 e. The Labute approximate surface area is 194 Å². The van der Waals surface area contributed by atoms with Crippen LogP contribution in [0.5, 0.6) is 5.75 Å². The van der Waals surface area contributed by atoms with E-state index in [2.05, 4.69) is 35.1 Å². The predicted molar refractivity (Wildman–Crippen MR) is 128 cm³/mol. The standard InChI is InChI=1S/C25H33BrN2O3/c1-17(2)21-11-12-23(22(26)15-21)31-16-24(29)28(19(5)25(30)27-18(3)4)14-13-20-9-7-6-8-10-20/h6-12,15,17-19H,13-14,16H2,1-5H3,(H,27,30)/t19-/m0/s1. The molecule has 0 heterocycles. The van der Waals surface area contributed by atoms with E-state index in [0.29, 0.717) is 24.6 Å². The van der Waals surface area contributed by atoms with E-state index in [4.69, 9.17) is 4.74 Å². The maximum Gasteiger partial charge on any atom is 0.261 e. The first-order valence-electron chi connectivity index (χ1n) is 10.7. The van der Waals surface area contributed by atoms with Gasteiger partial charge in [0.25, 0.3) is 5.91 Å². The zero-order valence-corrected chi connectivity index (χ0v) is 20.6. The Hall–Kier alpha value is -2.34. The molecule has 5 nitrogen and oxygen atoms in total. The van der Waals surface area contributed by atoms with Crippen LogP contribution in [-0.4, -0.2) is 41.9 Å². The summed E-state index contributed by atoms with van der Waals surface area (Å²) in [6.45, 7) is 10.1. The van der Waals surface area contributed by atoms with Crippen LogP contribution in [0.25, 0.3) is 0 Å². The van der Waals surface area contributed by atoms with Crippen LogP contribution in [0, 0.1) is 0 Å². The topological polar surface area (TPSA) is 58.6 Å². The van der Waals surface area contributed by atoms with Crippen LogP contribution in [0.3, 0.4) is 0 Å². The average molecular weight is 489 g/mol. The summed E-state index contributed by atoms with van der Waals surface area (Å²) in [5, 5.41) is 2.89. The average Bonchev–Trinajstić information content (AvgIpc) is 2.72. The van der Waals surface area contributed by atoms with Crippen molar-refractivity contribution in [2.45, 2.75) is 59.0 Å². The highest BCUT2D eigenvalue weighted by atomic mass is 79.9. The van der Waals surface area contributed by atoms with Crippen molar-refractivity contribution >= 4 is 27.7 Å². The van der Waals surface area contributed by atoms with E-state index >= 15 is 0 Å². The van der Waals surface area contributed by atoms with Crippen LogP contribution in [-0.2, 0) is 16.0 Å². The van der Waals surface area contributed by atoms with Crippen LogP contribution >= 0.6 is 15.9 Å². The second kappa shape index (κ2) is 11.9. The summed E-state index contributed by atoms with van der Waals surface area (Å²) in [6.07, 6.45) is 0.665. The van der Waals surface area contributed by atoms with E-state index in [1.807, 2.05) is 62.4 Å². The van der Waals surface area contributed by atoms with Crippen molar-refractivity contribution in [2.24, 2.45) is 0 Å². The van der Waals surface area contributed by atoms with Gasteiger partial charge in [-0.15, -0.1) is 0 Å². The molecule has 0 saturated heterocycles. The van der Waals surface area contributed by atoms with Crippen LogP contribution in [0.2, 0.25) is 0 Å². The van der Waals surface area contributed by atoms with Crippen LogP contribution < -0.4 is 10.1 Å². The van der Waals surface area contributed by atoms with E-state index in [-0.39, 0.29) is 24.5 Å². The first kappa shape index (κ1) is 24.9. The molecule has 168 valence electrons. The maximum absolute atomic E-state index is 13.1. The lowest BCUT2D eigenvalue weighted by atomic mass is 10.0. The van der Waals surface area contributed by atoms with Crippen LogP contribution in [0.15, 0.2) is 53.0 Å². The second-order valence-corrected chi connectivity index (χ2v) is 9.15. The third-order valence-corrected chi connectivity index (χ3v) is 5.68. The Balaban J connectivity index is 2.10. The Morgan fingerprint density at radius 2 is 1.71 bits per heavy atom. The predicted octanol–water partition coefficient (Wildman–Crippen LogP) is 4.94. The zero-order valence-electron chi connectivity index (χ0n) is 19.0. The number of hydrogen-bond donors (Lipinski definition) is 1. The molecule has 1 N–H and O–H groups in total. The van der Waals surface area contributed by atoms with Gasteiger partial charge in [-0.05, 0) is 72.3 Å². The number of carbonyl (C=O) groups excluding carboxylic acids is 2. The van der Waals surface area contributed by atoms with Crippen molar-refractivity contribution in [3.8, 4) is 5.75 Å². The lowest BCUT2D eigenvalue weighted by Crippen LogP contribution is -2.51. The number of nitrogens with zero attached hydrogens (tertiary/aromatic N) is 1. The molecule has 6 heteroatoms. The minimum Gasteiger partial charge on any atom is -0.483 e. The van der Waals surface area contributed by atoms with Crippen molar-refractivity contribution in [1.82, 2.24) is 10.2 Å². The fraction of sp³-hybridized carbons (Fsp3) is 0.440. The molecule has 0 spiro atoms. The van der Waals surface area contributed by atoms with Crippen LogP contribution in [0.1, 0.15) is 51.7 Å². The van der Waals surface area contributed by atoms with Gasteiger partial charge in [-0.2, -0.15) is 0 Å². The Bertz CT molecular complexity index is 868. The highest BCUT2D eigenvalue weighted by molar-refractivity contribution is 9.10. The van der Waals surface area contributed by atoms with E-state index in [1.54, 1.807) is 11.8 Å². The van der Waals surface area contributed by atoms with Crippen molar-refractivity contribution < 1.29 is 14.3 Å². The monoisotopic (exact) mass is 488 g/mol. The molecule has 2 amide bonds. The largest absolute Gasteiger partial charge is 0.483 e. The minimum absolute atomic E-state index is 0.00713. The summed E-state index contributed by atoms with van der Waals surface area (Å²) in [6, 6.07) is 15.2. The van der Waals surface area contributed by atoms with Gasteiger partial charge in [0.15, 0.2) is 6.61 Å². The molecule has 0 radical (unpaired) electrons. The molecule has 0 fully saturated rings. The third kappa shape index (κ3) is 7.69. The highest BCUT2D eigenvalue weighted by Crippen LogP contribution is 2.29. The number of carbonyl (C=O) groups is 2. The summed E-state index contributed by atoms with van der Waals surface area (Å²) >= 11 is 3.53. The Morgan fingerprint density at radius 3 is 2.29 bits per heavy atom. The molecule has 0 saturated carbocycles.